The van der Waals surface area contributed by atoms with E-state index in [-0.39, 0.29) is 5.78 Å². The third kappa shape index (κ3) is 1.57. The fourth-order valence-corrected chi connectivity index (χ4v) is 1.49. The molecule has 0 aromatic carbocycles. The van der Waals surface area contributed by atoms with Gasteiger partial charge in [-0.15, -0.1) is 6.58 Å². The Labute approximate surface area is 94.9 Å². The summed E-state index contributed by atoms with van der Waals surface area (Å²) in [5.41, 5.74) is -1.46. The first kappa shape index (κ1) is 10.9. The molecule has 88 valence electrons. The van der Waals surface area contributed by atoms with Crippen LogP contribution in [-0.2, 0) is 6.54 Å². The Morgan fingerprint density at radius 3 is 2.82 bits per heavy atom. The van der Waals surface area contributed by atoms with Crippen LogP contribution in [-0.4, -0.2) is 30.1 Å². The number of imidazole rings is 1. The zero-order valence-electron chi connectivity index (χ0n) is 8.70. The minimum Gasteiger partial charge on any atom is -0.501 e. The molecule has 0 radical (unpaired) electrons. The first-order chi connectivity index (χ1) is 8.06. The molecule has 0 unspecified atom stereocenters. The Kier molecular flexibility index (Phi) is 2.43. The summed E-state index contributed by atoms with van der Waals surface area (Å²) in [5.74, 6) is -2.18. The van der Waals surface area contributed by atoms with Crippen LogP contribution in [0.5, 0.6) is 5.75 Å². The monoisotopic (exact) mass is 235 g/mol. The van der Waals surface area contributed by atoms with E-state index in [0.29, 0.717) is 6.54 Å². The highest BCUT2D eigenvalue weighted by Gasteiger charge is 2.18. The van der Waals surface area contributed by atoms with Crippen LogP contribution in [0.3, 0.4) is 0 Å². The van der Waals surface area contributed by atoms with E-state index in [0.717, 1.165) is 4.40 Å². The van der Waals surface area contributed by atoms with Crippen molar-refractivity contribution in [1.29, 1.82) is 0 Å². The predicted octanol–water partition coefficient (Wildman–Crippen LogP) is 0.0858. The van der Waals surface area contributed by atoms with Gasteiger partial charge in [-0.2, -0.15) is 0 Å². The lowest BCUT2D eigenvalue weighted by atomic mass is 10.4. The summed E-state index contributed by atoms with van der Waals surface area (Å²) in [5, 5.41) is 18.2. The van der Waals surface area contributed by atoms with E-state index in [9.17, 15) is 14.7 Å². The average Bonchev–Trinajstić information content (AvgIpc) is 2.67. The van der Waals surface area contributed by atoms with Gasteiger partial charge in [-0.25, -0.2) is 14.2 Å². The quantitative estimate of drug-likeness (QED) is 0.734. The highest BCUT2D eigenvalue weighted by molar-refractivity contribution is 5.88. The average molecular weight is 235 g/mol. The number of rotatable bonds is 3. The summed E-state index contributed by atoms with van der Waals surface area (Å²) >= 11 is 0. The molecule has 0 aliphatic rings. The predicted molar refractivity (Wildman–Crippen MR) is 58.3 cm³/mol. The molecule has 17 heavy (non-hydrogen) atoms. The van der Waals surface area contributed by atoms with E-state index >= 15 is 0 Å². The van der Waals surface area contributed by atoms with Gasteiger partial charge >= 0.3 is 11.5 Å². The second-order valence-electron chi connectivity index (χ2n) is 3.33. The Morgan fingerprint density at radius 1 is 1.53 bits per heavy atom. The number of aromatic nitrogens is 3. The number of allylic oxidation sites excluding steroid dienone is 1. The van der Waals surface area contributed by atoms with Gasteiger partial charge in [0.05, 0.1) is 0 Å². The molecule has 2 aromatic heterocycles. The number of carbonyl (C=O) groups is 1. The number of aromatic hydroxyl groups is 1. The molecule has 0 amide bonds. The van der Waals surface area contributed by atoms with E-state index in [1.165, 1.54) is 6.20 Å². The van der Waals surface area contributed by atoms with Crippen LogP contribution < -0.4 is 5.56 Å². The van der Waals surface area contributed by atoms with Crippen molar-refractivity contribution in [3.8, 4) is 5.75 Å². The molecule has 0 atom stereocenters. The summed E-state index contributed by atoms with van der Waals surface area (Å²) < 4.78 is 2.62. The molecule has 0 aliphatic heterocycles. The molecule has 2 aromatic rings. The van der Waals surface area contributed by atoms with Crippen molar-refractivity contribution in [2.75, 3.05) is 0 Å². The van der Waals surface area contributed by atoms with Crippen molar-refractivity contribution >= 4 is 11.7 Å². The third-order valence-electron chi connectivity index (χ3n) is 2.25. The van der Waals surface area contributed by atoms with Gasteiger partial charge in [0.2, 0.25) is 11.5 Å². The standard InChI is InChI=1S/C10H9N3O4/c1-2-3-12-4-5-13-8(15)7(14)6(9(16)17)11-10(12)13/h2,4-5,14H,1,3H2,(H,16,17). The van der Waals surface area contributed by atoms with E-state index in [1.54, 1.807) is 16.8 Å². The normalized spacial score (nSPS) is 10.6. The highest BCUT2D eigenvalue weighted by Crippen LogP contribution is 2.11. The topological polar surface area (TPSA) is 96.8 Å². The third-order valence-corrected chi connectivity index (χ3v) is 2.25. The van der Waals surface area contributed by atoms with Gasteiger partial charge in [-0.3, -0.25) is 4.79 Å². The Hall–Kier alpha value is -2.57. The minimum absolute atomic E-state index is 0.144. The summed E-state index contributed by atoms with van der Waals surface area (Å²) in [6, 6.07) is 0. The van der Waals surface area contributed by atoms with E-state index in [4.69, 9.17) is 5.11 Å². The van der Waals surface area contributed by atoms with Crippen LogP contribution in [0.1, 0.15) is 10.5 Å². The van der Waals surface area contributed by atoms with Gasteiger partial charge in [0.1, 0.15) is 0 Å². The Bertz CT molecular complexity index is 668. The number of fused-ring (bicyclic) bond motifs is 1. The van der Waals surface area contributed by atoms with E-state index in [2.05, 4.69) is 11.6 Å². The summed E-state index contributed by atoms with van der Waals surface area (Å²) in [6.07, 6.45) is 4.54. The SMILES string of the molecule is C=CCn1ccn2c(=O)c(O)c(C(=O)O)nc12. The summed E-state index contributed by atoms with van der Waals surface area (Å²) in [4.78, 5) is 26.2. The number of hydrogen-bond acceptors (Lipinski definition) is 4. The van der Waals surface area contributed by atoms with Gasteiger partial charge in [0.25, 0.3) is 0 Å². The lowest BCUT2D eigenvalue weighted by molar-refractivity contribution is 0.0686. The first-order valence-corrected chi connectivity index (χ1v) is 4.71. The van der Waals surface area contributed by atoms with Gasteiger partial charge in [0.15, 0.2) is 5.69 Å². The summed E-state index contributed by atoms with van der Waals surface area (Å²) in [7, 11) is 0. The van der Waals surface area contributed by atoms with Gasteiger partial charge < -0.3 is 14.8 Å². The molecule has 0 fully saturated rings. The van der Waals surface area contributed by atoms with Gasteiger partial charge in [-0.05, 0) is 0 Å². The van der Waals surface area contributed by atoms with E-state index < -0.39 is 23.0 Å². The number of carboxylic acid groups (broad SMARTS) is 1. The molecule has 2 rings (SSSR count). The number of hydrogen-bond donors (Lipinski definition) is 2. The molecular weight excluding hydrogens is 226 g/mol. The van der Waals surface area contributed by atoms with Crippen molar-refractivity contribution in [2.45, 2.75) is 6.54 Å². The molecule has 0 bridgehead atoms. The lowest BCUT2D eigenvalue weighted by Crippen LogP contribution is -2.18. The van der Waals surface area contributed by atoms with Crippen LogP contribution >= 0.6 is 0 Å². The largest absolute Gasteiger partial charge is 0.501 e. The molecule has 7 heteroatoms. The van der Waals surface area contributed by atoms with E-state index in [1.807, 2.05) is 0 Å². The van der Waals surface area contributed by atoms with Crippen LogP contribution in [0.15, 0.2) is 29.8 Å². The molecule has 0 aliphatic carbocycles. The second-order valence-corrected chi connectivity index (χ2v) is 3.33. The van der Waals surface area contributed by atoms with Crippen molar-refractivity contribution in [3.05, 3.63) is 41.1 Å². The van der Waals surface area contributed by atoms with Crippen LogP contribution in [0.4, 0.5) is 0 Å². The van der Waals surface area contributed by atoms with Crippen molar-refractivity contribution in [1.82, 2.24) is 14.0 Å². The maximum atomic E-state index is 11.6. The Morgan fingerprint density at radius 2 is 2.24 bits per heavy atom. The second kappa shape index (κ2) is 3.78. The molecule has 2 N–H and O–H groups in total. The maximum absolute atomic E-state index is 11.6. The van der Waals surface area contributed by atoms with Crippen molar-refractivity contribution < 1.29 is 15.0 Å². The lowest BCUT2D eigenvalue weighted by Gasteiger charge is -2.02. The van der Waals surface area contributed by atoms with Crippen molar-refractivity contribution in [2.24, 2.45) is 0 Å². The summed E-state index contributed by atoms with van der Waals surface area (Å²) in [6.45, 7) is 3.92. The fourth-order valence-electron chi connectivity index (χ4n) is 1.49. The molecule has 0 saturated heterocycles. The minimum atomic E-state index is -1.45. The molecule has 0 saturated carbocycles. The first-order valence-electron chi connectivity index (χ1n) is 4.71. The van der Waals surface area contributed by atoms with Crippen LogP contribution in [0.25, 0.3) is 5.78 Å². The van der Waals surface area contributed by atoms with Gasteiger partial charge in [0, 0.05) is 18.9 Å². The number of aromatic carboxylic acids is 1. The Balaban J connectivity index is 2.84. The van der Waals surface area contributed by atoms with Gasteiger partial charge in [-0.1, -0.05) is 6.08 Å². The maximum Gasteiger partial charge on any atom is 0.358 e. The molecular formula is C10H9N3O4. The fraction of sp³-hybridized carbons (Fsp3) is 0.100. The molecule has 2 heterocycles. The van der Waals surface area contributed by atoms with Crippen molar-refractivity contribution in [3.63, 3.8) is 0 Å². The highest BCUT2D eigenvalue weighted by atomic mass is 16.4. The zero-order valence-corrected chi connectivity index (χ0v) is 8.70. The molecule has 7 nitrogen and oxygen atoms in total. The van der Waals surface area contributed by atoms with Crippen LogP contribution in [0, 0.1) is 0 Å². The zero-order chi connectivity index (χ0) is 12.6. The van der Waals surface area contributed by atoms with Crippen LogP contribution in [0.2, 0.25) is 0 Å². The number of carboxylic acids is 1. The number of nitrogens with zero attached hydrogens (tertiary/aromatic N) is 3. The smallest absolute Gasteiger partial charge is 0.358 e. The molecule has 0 spiro atoms.